The van der Waals surface area contributed by atoms with Gasteiger partial charge in [0, 0.05) is 30.8 Å². The Morgan fingerprint density at radius 1 is 1.25 bits per heavy atom. The minimum absolute atomic E-state index is 0.125. The maximum atomic E-state index is 12.6. The first-order valence-electron chi connectivity index (χ1n) is 11.2. The number of anilines is 3. The fourth-order valence-corrected chi connectivity index (χ4v) is 5.42. The lowest BCUT2D eigenvalue weighted by Gasteiger charge is -2.35. The van der Waals surface area contributed by atoms with Gasteiger partial charge in [-0.15, -0.1) is 11.3 Å². The van der Waals surface area contributed by atoms with Crippen molar-refractivity contribution in [2.24, 2.45) is 0 Å². The average molecular weight is 454 g/mol. The first-order valence-corrected chi connectivity index (χ1v) is 12.1. The Morgan fingerprint density at radius 3 is 2.81 bits per heavy atom. The van der Waals surface area contributed by atoms with Gasteiger partial charge in [0.15, 0.2) is 11.6 Å². The van der Waals surface area contributed by atoms with Gasteiger partial charge in [0.25, 0.3) is 0 Å². The second-order valence-electron chi connectivity index (χ2n) is 9.94. The average Bonchev–Trinajstić information content (AvgIpc) is 3.14. The van der Waals surface area contributed by atoms with Crippen LogP contribution in [0.5, 0.6) is 0 Å². The lowest BCUT2D eigenvalue weighted by atomic mass is 10.2. The summed E-state index contributed by atoms with van der Waals surface area (Å²) in [6.07, 6.45) is 3.14. The molecule has 0 aromatic carbocycles. The van der Waals surface area contributed by atoms with E-state index in [9.17, 15) is 4.79 Å². The van der Waals surface area contributed by atoms with E-state index in [1.807, 2.05) is 37.1 Å². The van der Waals surface area contributed by atoms with Crippen LogP contribution in [-0.4, -0.2) is 61.9 Å². The number of nitrogens with one attached hydrogen (secondary N) is 2. The number of thiophene rings is 1. The zero-order chi connectivity index (χ0) is 22.0. The lowest BCUT2D eigenvalue weighted by Crippen LogP contribution is -2.50. The summed E-state index contributed by atoms with van der Waals surface area (Å²) >= 11 is 1.62. The van der Waals surface area contributed by atoms with Crippen LogP contribution in [0, 0.1) is 0 Å². The lowest BCUT2D eigenvalue weighted by molar-refractivity contribution is 0.0214. The fraction of sp³-hybridized carbons (Fsp3) is 0.545. The van der Waals surface area contributed by atoms with Crippen molar-refractivity contribution in [2.75, 3.05) is 23.3 Å². The van der Waals surface area contributed by atoms with Gasteiger partial charge in [-0.25, -0.2) is 9.78 Å². The highest BCUT2D eigenvalue weighted by atomic mass is 32.1. The normalized spacial score (nSPS) is 22.7. The summed E-state index contributed by atoms with van der Waals surface area (Å²) in [6.45, 7) is 7.05. The van der Waals surface area contributed by atoms with Crippen molar-refractivity contribution in [1.82, 2.24) is 25.1 Å². The van der Waals surface area contributed by atoms with Crippen molar-refractivity contribution in [2.45, 2.75) is 63.6 Å². The Kier molecular flexibility index (Phi) is 4.36. The van der Waals surface area contributed by atoms with Crippen LogP contribution < -0.4 is 10.2 Å². The first-order chi connectivity index (χ1) is 15.3. The van der Waals surface area contributed by atoms with Crippen molar-refractivity contribution in [3.8, 4) is 0 Å². The van der Waals surface area contributed by atoms with E-state index in [0.717, 1.165) is 28.3 Å². The molecule has 5 heterocycles. The van der Waals surface area contributed by atoms with Crippen LogP contribution in [0.25, 0.3) is 10.2 Å². The molecule has 0 radical (unpaired) electrons. The molecule has 0 spiro atoms. The Morgan fingerprint density at radius 2 is 2.09 bits per heavy atom. The molecular weight excluding hydrogens is 426 g/mol. The standard InChI is InChI=1S/C22H27N7O2S/c1-22(2,3)31-21(30)29-11-13-8-14(29)10-28(13)20-23-15-6-7-32-18(15)19(25-20)24-17-9-16(26-27-17)12-4-5-12/h6-7,9,12-14H,4-5,8,10-11H2,1-3H3,(H2,23,24,25,26,27)/t13?,14-/m0/s1. The predicted octanol–water partition coefficient (Wildman–Crippen LogP) is 4.23. The third-order valence-electron chi connectivity index (χ3n) is 6.28. The molecule has 2 aliphatic heterocycles. The minimum atomic E-state index is -0.488. The number of aromatic amines is 1. The maximum Gasteiger partial charge on any atom is 0.410 e. The third-order valence-corrected chi connectivity index (χ3v) is 7.19. The molecule has 1 aliphatic carbocycles. The quantitative estimate of drug-likeness (QED) is 0.610. The highest BCUT2D eigenvalue weighted by molar-refractivity contribution is 7.17. The van der Waals surface area contributed by atoms with E-state index in [-0.39, 0.29) is 18.2 Å². The van der Waals surface area contributed by atoms with E-state index >= 15 is 0 Å². The Balaban J connectivity index is 1.23. The number of aromatic nitrogens is 4. The summed E-state index contributed by atoms with van der Waals surface area (Å²) in [4.78, 5) is 26.4. The number of carbonyl (C=O) groups is 1. The number of ether oxygens (including phenoxy) is 1. The van der Waals surface area contributed by atoms with E-state index in [0.29, 0.717) is 25.0 Å². The largest absolute Gasteiger partial charge is 0.444 e. The monoisotopic (exact) mass is 453 g/mol. The molecule has 1 unspecified atom stereocenters. The van der Waals surface area contributed by atoms with Gasteiger partial charge in [0.05, 0.1) is 22.3 Å². The van der Waals surface area contributed by atoms with Gasteiger partial charge >= 0.3 is 6.09 Å². The molecule has 10 heteroatoms. The zero-order valence-electron chi connectivity index (χ0n) is 18.5. The number of H-pyrrole nitrogens is 1. The molecule has 1 saturated carbocycles. The molecule has 2 bridgehead atoms. The van der Waals surface area contributed by atoms with Gasteiger partial charge in [0.2, 0.25) is 5.95 Å². The van der Waals surface area contributed by atoms with E-state index in [1.165, 1.54) is 18.5 Å². The van der Waals surface area contributed by atoms with E-state index in [4.69, 9.17) is 14.7 Å². The molecular formula is C22H27N7O2S. The molecule has 2 atom stereocenters. The summed E-state index contributed by atoms with van der Waals surface area (Å²) < 4.78 is 6.61. The number of hydrogen-bond acceptors (Lipinski definition) is 8. The molecule has 168 valence electrons. The summed E-state index contributed by atoms with van der Waals surface area (Å²) in [7, 11) is 0. The summed E-state index contributed by atoms with van der Waals surface area (Å²) in [5.74, 6) is 2.88. The van der Waals surface area contributed by atoms with Gasteiger partial charge in [-0.05, 0) is 51.5 Å². The first kappa shape index (κ1) is 19.8. The third kappa shape index (κ3) is 3.56. The van der Waals surface area contributed by atoms with Gasteiger partial charge in [-0.2, -0.15) is 10.1 Å². The van der Waals surface area contributed by atoms with Gasteiger partial charge in [-0.3, -0.25) is 5.10 Å². The van der Waals surface area contributed by atoms with Gasteiger partial charge in [-0.1, -0.05) is 0 Å². The number of likely N-dealkylation sites (tertiary alicyclic amines) is 1. The molecule has 2 saturated heterocycles. The van der Waals surface area contributed by atoms with E-state index < -0.39 is 5.60 Å². The van der Waals surface area contributed by atoms with E-state index in [2.05, 4.69) is 26.5 Å². The van der Waals surface area contributed by atoms with Crippen molar-refractivity contribution >= 4 is 45.2 Å². The predicted molar refractivity (Wildman–Crippen MR) is 124 cm³/mol. The van der Waals surface area contributed by atoms with Crippen molar-refractivity contribution < 1.29 is 9.53 Å². The zero-order valence-corrected chi connectivity index (χ0v) is 19.3. The van der Waals surface area contributed by atoms with Crippen molar-refractivity contribution in [3.05, 3.63) is 23.2 Å². The van der Waals surface area contributed by atoms with Gasteiger partial charge in [0.1, 0.15) is 5.60 Å². The summed E-state index contributed by atoms with van der Waals surface area (Å²) in [5.41, 5.74) is 1.62. The topological polar surface area (TPSA) is 99.3 Å². The van der Waals surface area contributed by atoms with Crippen LogP contribution in [-0.2, 0) is 4.74 Å². The SMILES string of the molecule is CC(C)(C)OC(=O)N1CC2C[C@H]1CN2c1nc(Nc2cc(C3CC3)[nH]n2)c2sccc2n1. The Labute approximate surface area is 190 Å². The molecule has 2 N–H and O–H groups in total. The summed E-state index contributed by atoms with van der Waals surface area (Å²) in [5, 5.41) is 13.0. The molecule has 32 heavy (non-hydrogen) atoms. The maximum absolute atomic E-state index is 12.6. The fourth-order valence-electron chi connectivity index (χ4n) is 4.65. The van der Waals surface area contributed by atoms with Gasteiger partial charge < -0.3 is 19.9 Å². The second kappa shape index (κ2) is 7.06. The Bertz CT molecular complexity index is 1180. The second-order valence-corrected chi connectivity index (χ2v) is 10.9. The van der Waals surface area contributed by atoms with Crippen LogP contribution >= 0.6 is 11.3 Å². The number of piperazine rings is 1. The molecule has 3 aromatic heterocycles. The van der Waals surface area contributed by atoms with Crippen LogP contribution in [0.15, 0.2) is 17.5 Å². The molecule has 9 nitrogen and oxygen atoms in total. The van der Waals surface area contributed by atoms with E-state index in [1.54, 1.807) is 11.3 Å². The summed E-state index contributed by atoms with van der Waals surface area (Å²) in [6, 6.07) is 4.43. The molecule has 1 amide bonds. The number of hydrogen-bond donors (Lipinski definition) is 2. The van der Waals surface area contributed by atoms with Crippen molar-refractivity contribution in [3.63, 3.8) is 0 Å². The molecule has 3 aliphatic rings. The molecule has 6 rings (SSSR count). The number of amides is 1. The van der Waals surface area contributed by atoms with Crippen LogP contribution in [0.3, 0.4) is 0 Å². The number of carbonyl (C=O) groups excluding carboxylic acids is 1. The van der Waals surface area contributed by atoms with Crippen molar-refractivity contribution in [1.29, 1.82) is 0 Å². The molecule has 3 fully saturated rings. The molecule has 3 aromatic rings. The highest BCUT2D eigenvalue weighted by Crippen LogP contribution is 2.40. The van der Waals surface area contributed by atoms with Crippen LogP contribution in [0.2, 0.25) is 0 Å². The highest BCUT2D eigenvalue weighted by Gasteiger charge is 2.47. The Hall–Kier alpha value is -2.88. The smallest absolute Gasteiger partial charge is 0.410 e. The minimum Gasteiger partial charge on any atom is -0.444 e. The number of nitrogens with zero attached hydrogens (tertiary/aromatic N) is 5. The number of fused-ring (bicyclic) bond motifs is 3. The number of rotatable bonds is 4. The van der Waals surface area contributed by atoms with Crippen LogP contribution in [0.1, 0.15) is 51.6 Å². The van der Waals surface area contributed by atoms with Crippen LogP contribution in [0.4, 0.5) is 22.4 Å².